The molecule has 3 rings (SSSR count). The summed E-state index contributed by atoms with van der Waals surface area (Å²) >= 11 is 7.62. The second kappa shape index (κ2) is 8.07. The van der Waals surface area contributed by atoms with Gasteiger partial charge in [0.05, 0.1) is 11.6 Å². The second-order valence-electron chi connectivity index (χ2n) is 5.63. The van der Waals surface area contributed by atoms with Gasteiger partial charge in [0, 0.05) is 14.8 Å². The minimum absolute atomic E-state index is 0.657. The van der Waals surface area contributed by atoms with Crippen LogP contribution < -0.4 is 0 Å². The molecule has 0 saturated heterocycles. The SMILES string of the molecule is Cc1ccc(/C(C#N)=C/c2ccccc2Sc2ccc(Cl)cc2)cc1. The molecule has 0 aromatic heterocycles. The molecule has 3 aromatic carbocycles. The van der Waals surface area contributed by atoms with Crippen molar-refractivity contribution in [2.45, 2.75) is 16.7 Å². The summed E-state index contributed by atoms with van der Waals surface area (Å²) in [5.41, 5.74) is 3.79. The Morgan fingerprint density at radius 2 is 1.64 bits per heavy atom. The van der Waals surface area contributed by atoms with Crippen LogP contribution in [0, 0.1) is 18.3 Å². The Balaban J connectivity index is 1.95. The Hall–Kier alpha value is -2.47. The first-order valence-electron chi connectivity index (χ1n) is 7.87. The number of nitrogens with zero attached hydrogens (tertiary/aromatic N) is 1. The lowest BCUT2D eigenvalue weighted by atomic mass is 10.0. The van der Waals surface area contributed by atoms with Gasteiger partial charge < -0.3 is 0 Å². The maximum atomic E-state index is 9.58. The van der Waals surface area contributed by atoms with Crippen LogP contribution in [0.25, 0.3) is 11.6 Å². The van der Waals surface area contributed by atoms with Crippen LogP contribution in [0.5, 0.6) is 0 Å². The van der Waals surface area contributed by atoms with Gasteiger partial charge in [0.1, 0.15) is 0 Å². The van der Waals surface area contributed by atoms with E-state index in [2.05, 4.69) is 12.1 Å². The van der Waals surface area contributed by atoms with Gasteiger partial charge in [-0.25, -0.2) is 0 Å². The Labute approximate surface area is 157 Å². The van der Waals surface area contributed by atoms with Crippen molar-refractivity contribution in [3.63, 3.8) is 0 Å². The number of benzene rings is 3. The van der Waals surface area contributed by atoms with Gasteiger partial charge in [-0.15, -0.1) is 0 Å². The molecule has 0 radical (unpaired) electrons. The van der Waals surface area contributed by atoms with Crippen molar-refractivity contribution in [2.75, 3.05) is 0 Å². The molecule has 3 aromatic rings. The van der Waals surface area contributed by atoms with Crippen molar-refractivity contribution in [3.8, 4) is 6.07 Å². The summed E-state index contributed by atoms with van der Waals surface area (Å²) in [6.45, 7) is 2.04. The van der Waals surface area contributed by atoms with E-state index >= 15 is 0 Å². The van der Waals surface area contributed by atoms with Crippen molar-refractivity contribution in [1.82, 2.24) is 0 Å². The molecular formula is C22H16ClNS. The van der Waals surface area contributed by atoms with E-state index in [0.717, 1.165) is 25.9 Å². The van der Waals surface area contributed by atoms with Gasteiger partial charge >= 0.3 is 0 Å². The Kier molecular flexibility index (Phi) is 5.60. The summed E-state index contributed by atoms with van der Waals surface area (Å²) in [5.74, 6) is 0. The molecule has 1 nitrogen and oxygen atoms in total. The van der Waals surface area contributed by atoms with Crippen LogP contribution in [0.1, 0.15) is 16.7 Å². The lowest BCUT2D eigenvalue weighted by Gasteiger charge is -2.07. The highest BCUT2D eigenvalue weighted by Gasteiger charge is 2.06. The largest absolute Gasteiger partial charge is 0.192 e. The molecular weight excluding hydrogens is 346 g/mol. The Morgan fingerprint density at radius 1 is 0.960 bits per heavy atom. The molecule has 0 spiro atoms. The number of hydrogen-bond acceptors (Lipinski definition) is 2. The molecule has 0 amide bonds. The molecule has 25 heavy (non-hydrogen) atoms. The molecule has 0 aliphatic heterocycles. The predicted molar refractivity (Wildman–Crippen MR) is 107 cm³/mol. The molecule has 0 fully saturated rings. The lowest BCUT2D eigenvalue weighted by Crippen LogP contribution is -1.85. The van der Waals surface area contributed by atoms with Crippen LogP contribution in [0.3, 0.4) is 0 Å². The van der Waals surface area contributed by atoms with E-state index in [1.165, 1.54) is 5.56 Å². The topological polar surface area (TPSA) is 23.8 Å². The molecule has 0 N–H and O–H groups in total. The normalized spacial score (nSPS) is 11.2. The maximum Gasteiger partial charge on any atom is 0.0998 e. The number of halogens is 1. The second-order valence-corrected chi connectivity index (χ2v) is 7.18. The summed E-state index contributed by atoms with van der Waals surface area (Å²) in [5, 5.41) is 10.3. The molecule has 0 atom stereocenters. The van der Waals surface area contributed by atoms with Crippen LogP contribution in [0.4, 0.5) is 0 Å². The standard InChI is InChI=1S/C22H16ClNS/c1-16-6-8-17(9-7-16)19(15-24)14-18-4-2-3-5-22(18)25-21-12-10-20(23)11-13-21/h2-14H,1H3/b19-14+. The van der Waals surface area contributed by atoms with E-state index < -0.39 is 0 Å². The Bertz CT molecular complexity index is 935. The van der Waals surface area contributed by atoms with E-state index in [1.807, 2.05) is 79.7 Å². The number of aryl methyl sites for hydroxylation is 1. The van der Waals surface area contributed by atoms with Crippen molar-refractivity contribution < 1.29 is 0 Å². The first-order valence-corrected chi connectivity index (χ1v) is 9.06. The summed E-state index contributed by atoms with van der Waals surface area (Å²) in [6.07, 6.45) is 1.95. The molecule has 3 heteroatoms. The van der Waals surface area contributed by atoms with E-state index in [1.54, 1.807) is 11.8 Å². The molecule has 0 aliphatic rings. The van der Waals surface area contributed by atoms with Crippen molar-refractivity contribution in [2.24, 2.45) is 0 Å². The van der Waals surface area contributed by atoms with Crippen molar-refractivity contribution in [3.05, 3.63) is 94.5 Å². The van der Waals surface area contributed by atoms with E-state index in [0.29, 0.717) is 5.57 Å². The molecule has 0 saturated carbocycles. The highest BCUT2D eigenvalue weighted by atomic mass is 35.5. The third-order valence-corrected chi connectivity index (χ3v) is 5.09. The van der Waals surface area contributed by atoms with Gasteiger partial charge in [0.25, 0.3) is 0 Å². The number of allylic oxidation sites excluding steroid dienone is 1. The minimum Gasteiger partial charge on any atom is -0.192 e. The number of rotatable bonds is 4. The average molecular weight is 362 g/mol. The minimum atomic E-state index is 0.657. The third-order valence-electron chi connectivity index (χ3n) is 3.74. The highest BCUT2D eigenvalue weighted by Crippen LogP contribution is 2.33. The van der Waals surface area contributed by atoms with E-state index in [-0.39, 0.29) is 0 Å². The fourth-order valence-corrected chi connectivity index (χ4v) is 3.43. The van der Waals surface area contributed by atoms with Gasteiger partial charge in [-0.3, -0.25) is 0 Å². The van der Waals surface area contributed by atoms with Gasteiger partial charge in [0.15, 0.2) is 0 Å². The van der Waals surface area contributed by atoms with Gasteiger partial charge in [-0.2, -0.15) is 5.26 Å². The summed E-state index contributed by atoms with van der Waals surface area (Å²) in [6, 6.07) is 26.2. The zero-order valence-electron chi connectivity index (χ0n) is 13.7. The molecule has 0 aliphatic carbocycles. The summed E-state index contributed by atoms with van der Waals surface area (Å²) in [4.78, 5) is 2.21. The van der Waals surface area contributed by atoms with Crippen LogP contribution in [0.15, 0.2) is 82.6 Å². The van der Waals surface area contributed by atoms with Crippen LogP contribution in [-0.4, -0.2) is 0 Å². The number of hydrogen-bond donors (Lipinski definition) is 0. The zero-order chi connectivity index (χ0) is 17.6. The fourth-order valence-electron chi connectivity index (χ4n) is 2.39. The maximum absolute atomic E-state index is 9.58. The summed E-state index contributed by atoms with van der Waals surface area (Å²) < 4.78 is 0. The molecule has 122 valence electrons. The lowest BCUT2D eigenvalue weighted by molar-refractivity contribution is 1.38. The molecule has 0 heterocycles. The van der Waals surface area contributed by atoms with Crippen LogP contribution in [0.2, 0.25) is 5.02 Å². The summed E-state index contributed by atoms with van der Waals surface area (Å²) in [7, 11) is 0. The monoisotopic (exact) mass is 361 g/mol. The van der Waals surface area contributed by atoms with Crippen molar-refractivity contribution in [1.29, 1.82) is 5.26 Å². The van der Waals surface area contributed by atoms with Crippen molar-refractivity contribution >= 4 is 35.0 Å². The van der Waals surface area contributed by atoms with E-state index in [4.69, 9.17) is 11.6 Å². The average Bonchev–Trinajstić information content (AvgIpc) is 2.64. The Morgan fingerprint density at radius 3 is 2.32 bits per heavy atom. The highest BCUT2D eigenvalue weighted by molar-refractivity contribution is 7.99. The van der Waals surface area contributed by atoms with Crippen LogP contribution in [-0.2, 0) is 0 Å². The zero-order valence-corrected chi connectivity index (χ0v) is 15.3. The van der Waals surface area contributed by atoms with Gasteiger partial charge in [-0.1, -0.05) is 71.4 Å². The smallest absolute Gasteiger partial charge is 0.0998 e. The molecule has 0 unspecified atom stereocenters. The molecule has 0 bridgehead atoms. The van der Waals surface area contributed by atoms with E-state index in [9.17, 15) is 5.26 Å². The fraction of sp³-hybridized carbons (Fsp3) is 0.0455. The third kappa shape index (κ3) is 4.54. The van der Waals surface area contributed by atoms with Gasteiger partial charge in [-0.05, 0) is 54.5 Å². The first kappa shape index (κ1) is 17.4. The number of nitriles is 1. The first-order chi connectivity index (χ1) is 12.2. The quantitative estimate of drug-likeness (QED) is 0.374. The van der Waals surface area contributed by atoms with Crippen LogP contribution >= 0.6 is 23.4 Å². The predicted octanol–water partition coefficient (Wildman–Crippen LogP) is 6.86. The van der Waals surface area contributed by atoms with Gasteiger partial charge in [0.2, 0.25) is 0 Å².